The number of aromatic nitrogens is 7. The number of fused-ring (bicyclic) bond motifs is 1. The van der Waals surface area contributed by atoms with Crippen molar-refractivity contribution in [3.05, 3.63) is 12.1 Å². The minimum absolute atomic E-state index is 0.335. The Bertz CT molecular complexity index is 690. The highest BCUT2D eigenvalue weighted by Gasteiger charge is 2.09. The highest BCUT2D eigenvalue weighted by atomic mass is 32.2. The Balaban J connectivity index is 1.78. The summed E-state index contributed by atoms with van der Waals surface area (Å²) < 4.78 is 2.21. The molecule has 1 N–H and O–H groups in total. The van der Waals surface area contributed by atoms with Crippen molar-refractivity contribution in [2.24, 2.45) is 0 Å². The molecule has 3 rings (SSSR count). The Hall–Kier alpha value is -1.81. The molecule has 10 heteroatoms. The van der Waals surface area contributed by atoms with Crippen molar-refractivity contribution in [1.82, 2.24) is 35.5 Å². The monoisotopic (exact) mass is 294 g/mol. The van der Waals surface area contributed by atoms with Crippen LogP contribution in [0.5, 0.6) is 0 Å². The Morgan fingerprint density at radius 1 is 1.26 bits per heavy atom. The summed E-state index contributed by atoms with van der Waals surface area (Å²) in [5.41, 5.74) is 0.615. The summed E-state index contributed by atoms with van der Waals surface area (Å²) in [6.45, 7) is 4.11. The van der Waals surface area contributed by atoms with Gasteiger partial charge in [-0.2, -0.15) is 0 Å². The normalized spacial score (nSPS) is 11.3. The second kappa shape index (κ2) is 5.05. The summed E-state index contributed by atoms with van der Waals surface area (Å²) in [5.74, 6) is 0. The van der Waals surface area contributed by atoms with Gasteiger partial charge in [0.25, 0.3) is 0 Å². The molecule has 19 heavy (non-hydrogen) atoms. The number of nitrogens with zero attached hydrogens (tertiary/aromatic N) is 7. The van der Waals surface area contributed by atoms with Gasteiger partial charge < -0.3 is 5.32 Å². The van der Waals surface area contributed by atoms with Crippen molar-refractivity contribution >= 4 is 33.9 Å². The van der Waals surface area contributed by atoms with Crippen LogP contribution in [0.1, 0.15) is 13.8 Å². The lowest BCUT2D eigenvalue weighted by atomic mass is 10.4. The lowest BCUT2D eigenvalue weighted by Gasteiger charge is -2.02. The van der Waals surface area contributed by atoms with Gasteiger partial charge in [0.2, 0.25) is 5.13 Å². The topological polar surface area (TPSA) is 93.8 Å². The first kappa shape index (κ1) is 12.2. The van der Waals surface area contributed by atoms with Gasteiger partial charge in [0.05, 0.1) is 0 Å². The highest BCUT2D eigenvalue weighted by Crippen LogP contribution is 2.30. The smallest absolute Gasteiger partial charge is 0.206 e. The van der Waals surface area contributed by atoms with Crippen molar-refractivity contribution in [2.75, 3.05) is 5.32 Å². The molecule has 3 aromatic heterocycles. The van der Waals surface area contributed by atoms with E-state index in [1.807, 2.05) is 12.1 Å². The van der Waals surface area contributed by atoms with Crippen molar-refractivity contribution in [3.8, 4) is 0 Å². The van der Waals surface area contributed by atoms with Crippen LogP contribution in [0.4, 0.5) is 5.13 Å². The fraction of sp³-hybridized carbons (Fsp3) is 0.333. The van der Waals surface area contributed by atoms with Crippen LogP contribution in [0, 0.1) is 0 Å². The standard InChI is InChI=1S/C9H10N8S2/c1-5(2)10-8-12-13-9(19-8)18-7-4-3-6-11-15-16-17(6)14-7/h3-5H,1-2H3,(H,10,12). The third kappa shape index (κ3) is 2.79. The molecule has 0 saturated heterocycles. The average Bonchev–Trinajstić information content (AvgIpc) is 2.97. The Kier molecular flexibility index (Phi) is 3.25. The molecule has 0 spiro atoms. The molecule has 0 aliphatic heterocycles. The van der Waals surface area contributed by atoms with E-state index in [1.54, 1.807) is 0 Å². The quantitative estimate of drug-likeness (QED) is 0.770. The SMILES string of the molecule is CC(C)Nc1nnc(Sc2ccc3nnnn3n2)s1. The van der Waals surface area contributed by atoms with E-state index in [0.717, 1.165) is 14.5 Å². The fourth-order valence-corrected chi connectivity index (χ4v) is 3.13. The van der Waals surface area contributed by atoms with Gasteiger partial charge in [0.1, 0.15) is 5.03 Å². The molecule has 0 unspecified atom stereocenters. The summed E-state index contributed by atoms with van der Waals surface area (Å²) in [4.78, 5) is 0. The van der Waals surface area contributed by atoms with E-state index in [2.05, 4.69) is 50.0 Å². The first-order valence-electron chi connectivity index (χ1n) is 5.54. The summed E-state index contributed by atoms with van der Waals surface area (Å²) in [5, 5.41) is 28.3. The van der Waals surface area contributed by atoms with Crippen molar-refractivity contribution in [1.29, 1.82) is 0 Å². The van der Waals surface area contributed by atoms with Gasteiger partial charge >= 0.3 is 0 Å². The van der Waals surface area contributed by atoms with E-state index in [1.165, 1.54) is 27.7 Å². The fourth-order valence-electron chi connectivity index (χ4n) is 1.33. The molecule has 0 saturated carbocycles. The van der Waals surface area contributed by atoms with Gasteiger partial charge in [0.15, 0.2) is 9.99 Å². The van der Waals surface area contributed by atoms with Crippen LogP contribution in [0.2, 0.25) is 0 Å². The second-order valence-electron chi connectivity index (χ2n) is 3.97. The molecule has 0 bridgehead atoms. The number of anilines is 1. The number of hydrogen-bond acceptors (Lipinski definition) is 9. The first-order chi connectivity index (χ1) is 9.20. The summed E-state index contributed by atoms with van der Waals surface area (Å²) in [7, 11) is 0. The van der Waals surface area contributed by atoms with E-state index in [0.29, 0.717) is 11.7 Å². The molecule has 0 radical (unpaired) electrons. The van der Waals surface area contributed by atoms with E-state index in [9.17, 15) is 0 Å². The molecule has 8 nitrogen and oxygen atoms in total. The molecule has 98 valence electrons. The predicted octanol–water partition coefficient (Wildman–Crippen LogP) is 1.34. The van der Waals surface area contributed by atoms with E-state index >= 15 is 0 Å². The molecule has 0 aromatic carbocycles. The van der Waals surface area contributed by atoms with Gasteiger partial charge in [0, 0.05) is 6.04 Å². The van der Waals surface area contributed by atoms with E-state index in [4.69, 9.17) is 0 Å². The zero-order chi connectivity index (χ0) is 13.2. The van der Waals surface area contributed by atoms with Crippen LogP contribution in [0.3, 0.4) is 0 Å². The van der Waals surface area contributed by atoms with Crippen LogP contribution in [0.25, 0.3) is 5.65 Å². The van der Waals surface area contributed by atoms with E-state index in [-0.39, 0.29) is 0 Å². The van der Waals surface area contributed by atoms with Gasteiger partial charge in [-0.3, -0.25) is 0 Å². The van der Waals surface area contributed by atoms with Gasteiger partial charge in [-0.25, -0.2) is 0 Å². The molecule has 3 heterocycles. The Morgan fingerprint density at radius 3 is 3.00 bits per heavy atom. The zero-order valence-corrected chi connectivity index (χ0v) is 11.8. The number of hydrogen-bond donors (Lipinski definition) is 1. The van der Waals surface area contributed by atoms with Crippen LogP contribution >= 0.6 is 23.1 Å². The number of rotatable bonds is 4. The van der Waals surface area contributed by atoms with Crippen molar-refractivity contribution < 1.29 is 0 Å². The predicted molar refractivity (Wildman–Crippen MR) is 71.4 cm³/mol. The molecule has 0 fully saturated rings. The van der Waals surface area contributed by atoms with Crippen LogP contribution in [-0.2, 0) is 0 Å². The third-order valence-electron chi connectivity index (χ3n) is 2.06. The summed E-state index contributed by atoms with van der Waals surface area (Å²) in [6, 6.07) is 4.00. The third-order valence-corrected chi connectivity index (χ3v) is 3.89. The molecule has 0 aliphatic rings. The molecular weight excluding hydrogens is 284 g/mol. The van der Waals surface area contributed by atoms with E-state index < -0.39 is 0 Å². The molecular formula is C9H10N8S2. The van der Waals surface area contributed by atoms with Gasteiger partial charge in [-0.15, -0.1) is 25.0 Å². The molecule has 0 atom stereocenters. The van der Waals surface area contributed by atoms with Gasteiger partial charge in [-0.1, -0.05) is 11.3 Å². The van der Waals surface area contributed by atoms with Crippen LogP contribution < -0.4 is 5.32 Å². The molecule has 3 aromatic rings. The zero-order valence-electron chi connectivity index (χ0n) is 10.2. The summed E-state index contributed by atoms with van der Waals surface area (Å²) in [6.07, 6.45) is 0. The Morgan fingerprint density at radius 2 is 2.16 bits per heavy atom. The Labute approximate surface area is 116 Å². The van der Waals surface area contributed by atoms with Crippen LogP contribution in [-0.4, -0.2) is 41.5 Å². The van der Waals surface area contributed by atoms with Crippen molar-refractivity contribution in [3.63, 3.8) is 0 Å². The molecule has 0 amide bonds. The second-order valence-corrected chi connectivity index (χ2v) is 6.22. The molecule has 0 aliphatic carbocycles. The first-order valence-corrected chi connectivity index (χ1v) is 7.17. The minimum Gasteiger partial charge on any atom is -0.358 e. The highest BCUT2D eigenvalue weighted by molar-refractivity contribution is 8.01. The average molecular weight is 294 g/mol. The summed E-state index contributed by atoms with van der Waals surface area (Å²) >= 11 is 2.92. The number of nitrogens with one attached hydrogen (secondary N) is 1. The van der Waals surface area contributed by atoms with Crippen molar-refractivity contribution in [2.45, 2.75) is 29.3 Å². The largest absolute Gasteiger partial charge is 0.358 e. The minimum atomic E-state index is 0.335. The number of tetrazole rings is 1. The van der Waals surface area contributed by atoms with Crippen LogP contribution in [0.15, 0.2) is 21.5 Å². The lowest BCUT2D eigenvalue weighted by Crippen LogP contribution is -2.08. The van der Waals surface area contributed by atoms with Gasteiger partial charge in [-0.05, 0) is 48.2 Å². The maximum Gasteiger partial charge on any atom is 0.206 e. The lowest BCUT2D eigenvalue weighted by molar-refractivity contribution is 0.702. The maximum absolute atomic E-state index is 4.26. The maximum atomic E-state index is 4.26.